The van der Waals surface area contributed by atoms with Crippen molar-refractivity contribution in [1.29, 1.82) is 0 Å². The molecule has 6 heteroatoms. The number of amides is 2. The van der Waals surface area contributed by atoms with Crippen molar-refractivity contribution in [3.8, 4) is 0 Å². The Hall–Kier alpha value is -2.73. The van der Waals surface area contributed by atoms with E-state index in [-0.39, 0.29) is 18.0 Å². The summed E-state index contributed by atoms with van der Waals surface area (Å²) in [5, 5.41) is 15.1. The smallest absolute Gasteiger partial charge is 0.254 e. The number of hydrogen-bond acceptors (Lipinski definition) is 3. The number of halogens is 1. The van der Waals surface area contributed by atoms with Gasteiger partial charge in [-0.25, -0.2) is 4.39 Å². The maximum absolute atomic E-state index is 13.8. The van der Waals surface area contributed by atoms with Gasteiger partial charge in [0.15, 0.2) is 0 Å². The summed E-state index contributed by atoms with van der Waals surface area (Å²) >= 11 is 0. The molecule has 0 spiro atoms. The van der Waals surface area contributed by atoms with E-state index in [1.165, 1.54) is 19.1 Å². The van der Waals surface area contributed by atoms with Crippen LogP contribution >= 0.6 is 0 Å². The van der Waals surface area contributed by atoms with Gasteiger partial charge < -0.3 is 15.7 Å². The molecule has 0 aliphatic heterocycles. The van der Waals surface area contributed by atoms with E-state index in [0.29, 0.717) is 12.1 Å². The summed E-state index contributed by atoms with van der Waals surface area (Å²) in [5.74, 6) is -1.58. The van der Waals surface area contributed by atoms with E-state index in [4.69, 9.17) is 0 Å². The number of rotatable bonds is 6. The first kappa shape index (κ1) is 17.6. The van der Waals surface area contributed by atoms with Crippen molar-refractivity contribution >= 4 is 17.5 Å². The molecule has 2 aromatic rings. The minimum Gasteiger partial charge on any atom is -0.388 e. The van der Waals surface area contributed by atoms with Crippen molar-refractivity contribution in [2.75, 3.05) is 11.9 Å². The van der Waals surface area contributed by atoms with Crippen molar-refractivity contribution in [3.63, 3.8) is 0 Å². The molecule has 2 aromatic carbocycles. The summed E-state index contributed by atoms with van der Waals surface area (Å²) < 4.78 is 13.8. The average molecular weight is 330 g/mol. The van der Waals surface area contributed by atoms with Gasteiger partial charge in [0.05, 0.1) is 11.7 Å². The molecule has 2 amide bonds. The maximum atomic E-state index is 13.8. The molecular formula is C18H19FN2O3. The lowest BCUT2D eigenvalue weighted by Gasteiger charge is -2.12. The largest absolute Gasteiger partial charge is 0.388 e. The molecule has 0 radical (unpaired) electrons. The van der Waals surface area contributed by atoms with Crippen molar-refractivity contribution in [2.24, 2.45) is 0 Å². The van der Waals surface area contributed by atoms with Gasteiger partial charge in [0.25, 0.3) is 5.91 Å². The predicted molar refractivity (Wildman–Crippen MR) is 89.1 cm³/mol. The van der Waals surface area contributed by atoms with Gasteiger partial charge in [-0.1, -0.05) is 30.3 Å². The van der Waals surface area contributed by atoms with Crippen molar-refractivity contribution in [3.05, 3.63) is 65.5 Å². The molecule has 0 saturated carbocycles. The van der Waals surface area contributed by atoms with Gasteiger partial charge in [0, 0.05) is 19.2 Å². The molecule has 1 unspecified atom stereocenters. The number of benzene rings is 2. The fourth-order valence-corrected chi connectivity index (χ4v) is 2.24. The highest BCUT2D eigenvalue weighted by Gasteiger charge is 2.14. The first-order valence-corrected chi connectivity index (χ1v) is 7.55. The Morgan fingerprint density at radius 3 is 2.54 bits per heavy atom. The number of aliphatic hydroxyl groups is 1. The first-order valence-electron chi connectivity index (χ1n) is 7.55. The van der Waals surface area contributed by atoms with Gasteiger partial charge in [0.1, 0.15) is 5.82 Å². The van der Waals surface area contributed by atoms with Gasteiger partial charge in [-0.3, -0.25) is 9.59 Å². The lowest BCUT2D eigenvalue weighted by atomic mass is 10.1. The molecule has 5 nitrogen and oxygen atoms in total. The van der Waals surface area contributed by atoms with Crippen LogP contribution in [0.5, 0.6) is 0 Å². The van der Waals surface area contributed by atoms with E-state index < -0.39 is 17.8 Å². The number of anilines is 1. The SMILES string of the molecule is CC(=O)Nc1ccc(F)c(C(=O)NCCC(O)c2ccccc2)c1. The monoisotopic (exact) mass is 330 g/mol. The number of carbonyl (C=O) groups is 2. The second-order valence-electron chi connectivity index (χ2n) is 5.35. The minimum atomic E-state index is -0.706. The van der Waals surface area contributed by atoms with Crippen molar-refractivity contribution < 1.29 is 19.1 Å². The highest BCUT2D eigenvalue weighted by molar-refractivity contribution is 5.97. The molecule has 0 heterocycles. The molecular weight excluding hydrogens is 311 g/mol. The molecule has 0 aliphatic rings. The second-order valence-corrected chi connectivity index (χ2v) is 5.35. The molecule has 0 aromatic heterocycles. The zero-order chi connectivity index (χ0) is 17.5. The number of hydrogen-bond donors (Lipinski definition) is 3. The van der Waals surface area contributed by atoms with Crippen LogP contribution in [-0.4, -0.2) is 23.5 Å². The standard InChI is InChI=1S/C18H19FN2O3/c1-12(22)21-14-7-8-16(19)15(11-14)18(24)20-10-9-17(23)13-5-3-2-4-6-13/h2-8,11,17,23H,9-10H2,1H3,(H,20,24)(H,21,22). The highest BCUT2D eigenvalue weighted by atomic mass is 19.1. The van der Waals surface area contributed by atoms with Crippen LogP contribution in [0.4, 0.5) is 10.1 Å². The molecule has 3 N–H and O–H groups in total. The lowest BCUT2D eigenvalue weighted by Crippen LogP contribution is -2.26. The molecule has 24 heavy (non-hydrogen) atoms. The molecule has 126 valence electrons. The fraction of sp³-hybridized carbons (Fsp3) is 0.222. The van der Waals surface area contributed by atoms with E-state index in [2.05, 4.69) is 10.6 Å². The fourth-order valence-electron chi connectivity index (χ4n) is 2.24. The summed E-state index contributed by atoms with van der Waals surface area (Å²) in [6.07, 6.45) is -0.398. The lowest BCUT2D eigenvalue weighted by molar-refractivity contribution is -0.114. The van der Waals surface area contributed by atoms with E-state index in [9.17, 15) is 19.1 Å². The predicted octanol–water partition coefficient (Wildman–Crippen LogP) is 2.64. The quantitative estimate of drug-likeness (QED) is 0.762. The molecule has 0 bridgehead atoms. The topological polar surface area (TPSA) is 78.4 Å². The van der Waals surface area contributed by atoms with Crippen LogP contribution in [0.25, 0.3) is 0 Å². The van der Waals surface area contributed by atoms with Crippen LogP contribution in [0.2, 0.25) is 0 Å². The van der Waals surface area contributed by atoms with Gasteiger partial charge in [-0.2, -0.15) is 0 Å². The Kier molecular flexibility index (Phi) is 6.03. The van der Waals surface area contributed by atoms with E-state index >= 15 is 0 Å². The number of aliphatic hydroxyl groups excluding tert-OH is 1. The molecule has 2 rings (SSSR count). The van der Waals surface area contributed by atoms with Gasteiger partial charge in [-0.15, -0.1) is 0 Å². The summed E-state index contributed by atoms with van der Waals surface area (Å²) in [6, 6.07) is 12.9. The van der Waals surface area contributed by atoms with Gasteiger partial charge >= 0.3 is 0 Å². The summed E-state index contributed by atoms with van der Waals surface area (Å²) in [6.45, 7) is 1.52. The Labute approximate surface area is 139 Å². The van der Waals surface area contributed by atoms with E-state index in [1.807, 2.05) is 18.2 Å². The van der Waals surface area contributed by atoms with E-state index in [1.54, 1.807) is 12.1 Å². The third kappa shape index (κ3) is 4.89. The van der Waals surface area contributed by atoms with Crippen LogP contribution in [0.3, 0.4) is 0 Å². The first-order chi connectivity index (χ1) is 11.5. The summed E-state index contributed by atoms with van der Waals surface area (Å²) in [7, 11) is 0. The van der Waals surface area contributed by atoms with Crippen LogP contribution in [-0.2, 0) is 4.79 Å². The van der Waals surface area contributed by atoms with Crippen LogP contribution in [0.1, 0.15) is 35.4 Å². The summed E-state index contributed by atoms with van der Waals surface area (Å²) in [4.78, 5) is 23.1. The second kappa shape index (κ2) is 8.21. The Balaban J connectivity index is 1.94. The minimum absolute atomic E-state index is 0.157. The summed E-state index contributed by atoms with van der Waals surface area (Å²) in [5.41, 5.74) is 0.944. The third-order valence-electron chi connectivity index (χ3n) is 3.42. The average Bonchev–Trinajstić information content (AvgIpc) is 2.56. The Morgan fingerprint density at radius 2 is 1.88 bits per heavy atom. The van der Waals surface area contributed by atoms with Gasteiger partial charge in [0.2, 0.25) is 5.91 Å². The molecule has 0 aliphatic carbocycles. The zero-order valence-corrected chi connectivity index (χ0v) is 13.3. The van der Waals surface area contributed by atoms with Crippen LogP contribution < -0.4 is 10.6 Å². The van der Waals surface area contributed by atoms with Gasteiger partial charge in [-0.05, 0) is 30.2 Å². The molecule has 0 saturated heterocycles. The van der Waals surface area contributed by atoms with E-state index in [0.717, 1.165) is 11.6 Å². The Bertz CT molecular complexity index is 719. The van der Waals surface area contributed by atoms with Crippen molar-refractivity contribution in [2.45, 2.75) is 19.4 Å². The number of carbonyl (C=O) groups excluding carboxylic acids is 2. The van der Waals surface area contributed by atoms with Crippen molar-refractivity contribution in [1.82, 2.24) is 5.32 Å². The normalized spacial score (nSPS) is 11.6. The number of nitrogens with one attached hydrogen (secondary N) is 2. The highest BCUT2D eigenvalue weighted by Crippen LogP contribution is 2.17. The maximum Gasteiger partial charge on any atom is 0.254 e. The molecule has 1 atom stereocenters. The zero-order valence-electron chi connectivity index (χ0n) is 13.3. The van der Waals surface area contributed by atoms with Crippen LogP contribution in [0, 0.1) is 5.82 Å². The molecule has 0 fully saturated rings. The third-order valence-corrected chi connectivity index (χ3v) is 3.42. The Morgan fingerprint density at radius 1 is 1.17 bits per heavy atom. The van der Waals surface area contributed by atoms with Crippen LogP contribution in [0.15, 0.2) is 48.5 Å².